The first-order chi connectivity index (χ1) is 11.1. The van der Waals surface area contributed by atoms with Gasteiger partial charge in [0.25, 0.3) is 0 Å². The van der Waals surface area contributed by atoms with Crippen LogP contribution < -0.4 is 4.72 Å². The van der Waals surface area contributed by atoms with Crippen molar-refractivity contribution in [3.05, 3.63) is 64.2 Å². The first-order valence-corrected chi connectivity index (χ1v) is 9.34. The van der Waals surface area contributed by atoms with Crippen molar-refractivity contribution in [3.63, 3.8) is 0 Å². The van der Waals surface area contributed by atoms with Crippen LogP contribution in [-0.2, 0) is 6.54 Å². The van der Waals surface area contributed by atoms with Crippen molar-refractivity contribution in [2.45, 2.75) is 33.2 Å². The Kier molecular flexibility index (Phi) is 4.98. The molecule has 0 radical (unpaired) electrons. The fraction of sp³-hybridized carbons (Fsp3) is 0.400. The highest BCUT2D eigenvalue weighted by Gasteiger charge is 2.27. The lowest BCUT2D eigenvalue weighted by molar-refractivity contribution is 0.294. The minimum absolute atomic E-state index is 0.434. The van der Waals surface area contributed by atoms with Gasteiger partial charge in [0, 0.05) is 30.4 Å². The monoisotopic (exact) mass is 326 g/mol. The van der Waals surface area contributed by atoms with Crippen LogP contribution in [0.2, 0.25) is 0 Å². The molecule has 1 aliphatic heterocycles. The third-order valence-corrected chi connectivity index (χ3v) is 5.27. The lowest BCUT2D eigenvalue weighted by Crippen LogP contribution is -2.32. The molecule has 2 aromatic carbocycles. The Labute approximate surface area is 144 Å². The largest absolute Gasteiger partial charge is 0.329 e. The molecular weight excluding hydrogens is 300 g/mol. The molecule has 1 atom stereocenters. The van der Waals surface area contributed by atoms with E-state index in [-0.39, 0.29) is 0 Å². The molecule has 1 aliphatic rings. The van der Waals surface area contributed by atoms with Gasteiger partial charge in [-0.05, 0) is 49.2 Å². The Balaban J connectivity index is 2.08. The van der Waals surface area contributed by atoms with E-state index < -0.39 is 0 Å². The topological polar surface area (TPSA) is 15.3 Å². The van der Waals surface area contributed by atoms with Gasteiger partial charge in [-0.15, -0.1) is 0 Å². The minimum Gasteiger partial charge on any atom is -0.329 e. The van der Waals surface area contributed by atoms with Crippen LogP contribution in [0.15, 0.2) is 36.4 Å². The Morgan fingerprint density at radius 2 is 1.96 bits per heavy atom. The number of fused-ring (bicyclic) bond motifs is 1. The summed E-state index contributed by atoms with van der Waals surface area (Å²) < 4.78 is 3.53. The summed E-state index contributed by atoms with van der Waals surface area (Å²) in [7, 11) is 2.23. The number of aryl methyl sites for hydroxylation is 2. The van der Waals surface area contributed by atoms with Crippen LogP contribution in [0, 0.1) is 13.8 Å². The molecule has 2 aromatic rings. The van der Waals surface area contributed by atoms with Gasteiger partial charge in [0.1, 0.15) is 0 Å². The highest BCUT2D eigenvalue weighted by atomic mass is 32.2. The van der Waals surface area contributed by atoms with Gasteiger partial charge in [0.05, 0.1) is 0 Å². The molecule has 0 fully saturated rings. The number of hydrogen-bond donors (Lipinski definition) is 1. The highest BCUT2D eigenvalue weighted by Crippen LogP contribution is 2.38. The van der Waals surface area contributed by atoms with Gasteiger partial charge in [-0.1, -0.05) is 54.8 Å². The summed E-state index contributed by atoms with van der Waals surface area (Å²) in [5.74, 6) is 1.50. The maximum atomic E-state index is 3.53. The number of hydrogen-bond acceptors (Lipinski definition) is 3. The first kappa shape index (κ1) is 16.4. The number of nitrogens with zero attached hydrogens (tertiary/aromatic N) is 1. The summed E-state index contributed by atoms with van der Waals surface area (Å²) in [6.07, 6.45) is 0. The van der Waals surface area contributed by atoms with Gasteiger partial charge < -0.3 is 9.62 Å². The summed E-state index contributed by atoms with van der Waals surface area (Å²) in [6, 6.07) is 13.5. The Morgan fingerprint density at radius 3 is 2.74 bits per heavy atom. The Bertz CT molecular complexity index is 696. The standard InChI is InChI=1S/C20H26N2S/c1-5-23-21-20-9-7-6-8-16(20)19-13-22(4)12-18-15(3)10-14(2)11-17(18)19/h6-11,19,21H,5,12-13H2,1-4H3. The van der Waals surface area contributed by atoms with Gasteiger partial charge in [-0.25, -0.2) is 0 Å². The van der Waals surface area contributed by atoms with Crippen LogP contribution in [0.25, 0.3) is 0 Å². The zero-order valence-corrected chi connectivity index (χ0v) is 15.3. The molecule has 0 spiro atoms. The van der Waals surface area contributed by atoms with E-state index in [1.807, 2.05) is 0 Å². The van der Waals surface area contributed by atoms with Crippen LogP contribution in [0.1, 0.15) is 40.7 Å². The molecule has 3 rings (SSSR count). The predicted octanol–water partition coefficient (Wildman–Crippen LogP) is 4.96. The fourth-order valence-corrected chi connectivity index (χ4v) is 4.10. The second kappa shape index (κ2) is 6.98. The average Bonchev–Trinajstić information content (AvgIpc) is 2.53. The third kappa shape index (κ3) is 3.41. The Hall–Kier alpha value is -1.45. The lowest BCUT2D eigenvalue weighted by Gasteiger charge is -2.35. The number of nitrogens with one attached hydrogen (secondary N) is 1. The number of para-hydroxylation sites is 1. The normalized spacial score (nSPS) is 17.8. The summed E-state index contributed by atoms with van der Waals surface area (Å²) in [5.41, 5.74) is 8.47. The van der Waals surface area contributed by atoms with E-state index >= 15 is 0 Å². The van der Waals surface area contributed by atoms with Crippen LogP contribution in [0.5, 0.6) is 0 Å². The van der Waals surface area contributed by atoms with E-state index in [0.29, 0.717) is 5.92 Å². The van der Waals surface area contributed by atoms with E-state index in [4.69, 9.17) is 0 Å². The SMILES string of the molecule is CCSNc1ccccc1C1CN(C)Cc2c(C)cc(C)cc21. The van der Waals surface area contributed by atoms with Gasteiger partial charge >= 0.3 is 0 Å². The van der Waals surface area contributed by atoms with Crippen LogP contribution in [-0.4, -0.2) is 24.2 Å². The molecule has 3 heteroatoms. The summed E-state index contributed by atoms with van der Waals surface area (Å²) in [6.45, 7) is 8.76. The second-order valence-electron chi connectivity index (χ2n) is 6.52. The second-order valence-corrected chi connectivity index (χ2v) is 7.59. The first-order valence-electron chi connectivity index (χ1n) is 8.35. The van der Waals surface area contributed by atoms with Crippen molar-refractivity contribution in [1.29, 1.82) is 0 Å². The molecule has 1 heterocycles. The molecule has 23 heavy (non-hydrogen) atoms. The van der Waals surface area contributed by atoms with Crippen molar-refractivity contribution in [3.8, 4) is 0 Å². The molecule has 0 bridgehead atoms. The van der Waals surface area contributed by atoms with E-state index in [0.717, 1.165) is 18.8 Å². The van der Waals surface area contributed by atoms with E-state index in [1.54, 1.807) is 11.9 Å². The van der Waals surface area contributed by atoms with Crippen LogP contribution >= 0.6 is 11.9 Å². The average molecular weight is 327 g/mol. The number of anilines is 1. The van der Waals surface area contributed by atoms with E-state index in [2.05, 4.69) is 73.8 Å². The maximum absolute atomic E-state index is 3.53. The summed E-state index contributed by atoms with van der Waals surface area (Å²) in [5, 5.41) is 0. The maximum Gasteiger partial charge on any atom is 0.0478 e. The van der Waals surface area contributed by atoms with Gasteiger partial charge in [0.15, 0.2) is 0 Å². The van der Waals surface area contributed by atoms with Gasteiger partial charge in [-0.3, -0.25) is 0 Å². The quantitative estimate of drug-likeness (QED) is 0.799. The predicted molar refractivity (Wildman–Crippen MR) is 102 cm³/mol. The lowest BCUT2D eigenvalue weighted by atomic mass is 9.81. The molecule has 1 unspecified atom stereocenters. The zero-order valence-electron chi connectivity index (χ0n) is 14.5. The molecule has 2 nitrogen and oxygen atoms in total. The molecule has 122 valence electrons. The smallest absolute Gasteiger partial charge is 0.0478 e. The van der Waals surface area contributed by atoms with Crippen molar-refractivity contribution in [2.75, 3.05) is 24.1 Å². The molecule has 0 saturated carbocycles. The molecule has 0 amide bonds. The number of benzene rings is 2. The highest BCUT2D eigenvalue weighted by molar-refractivity contribution is 8.00. The molecule has 0 aliphatic carbocycles. The van der Waals surface area contributed by atoms with Crippen LogP contribution in [0.3, 0.4) is 0 Å². The van der Waals surface area contributed by atoms with Gasteiger partial charge in [-0.2, -0.15) is 0 Å². The molecule has 0 saturated heterocycles. The molecule has 0 aromatic heterocycles. The number of likely N-dealkylation sites (N-methyl/N-ethyl adjacent to an activating group) is 1. The number of rotatable bonds is 4. The molecular formula is C20H26N2S. The van der Waals surface area contributed by atoms with Crippen LogP contribution in [0.4, 0.5) is 5.69 Å². The van der Waals surface area contributed by atoms with E-state index in [1.165, 1.54) is 33.5 Å². The summed E-state index contributed by atoms with van der Waals surface area (Å²) >= 11 is 1.76. The van der Waals surface area contributed by atoms with Crippen molar-refractivity contribution in [2.24, 2.45) is 0 Å². The third-order valence-electron chi connectivity index (χ3n) is 4.61. The minimum atomic E-state index is 0.434. The fourth-order valence-electron chi connectivity index (χ4n) is 3.61. The molecule has 1 N–H and O–H groups in total. The van der Waals surface area contributed by atoms with E-state index in [9.17, 15) is 0 Å². The zero-order chi connectivity index (χ0) is 16.4. The summed E-state index contributed by atoms with van der Waals surface area (Å²) in [4.78, 5) is 2.44. The Morgan fingerprint density at radius 1 is 1.17 bits per heavy atom. The van der Waals surface area contributed by atoms with Crippen molar-refractivity contribution in [1.82, 2.24) is 4.90 Å². The van der Waals surface area contributed by atoms with Crippen molar-refractivity contribution < 1.29 is 0 Å². The van der Waals surface area contributed by atoms with Crippen molar-refractivity contribution >= 4 is 17.6 Å². The van der Waals surface area contributed by atoms with Gasteiger partial charge in [0.2, 0.25) is 0 Å².